The molecule has 0 fully saturated rings. The monoisotopic (exact) mass is 380 g/mol. The predicted octanol–water partition coefficient (Wildman–Crippen LogP) is 4.81. The zero-order chi connectivity index (χ0) is 17.9. The van der Waals surface area contributed by atoms with E-state index in [9.17, 15) is 4.79 Å². The van der Waals surface area contributed by atoms with Crippen molar-refractivity contribution in [3.05, 3.63) is 60.0 Å². The van der Waals surface area contributed by atoms with Gasteiger partial charge in [0.25, 0.3) is 0 Å². The van der Waals surface area contributed by atoms with E-state index in [1.165, 1.54) is 23.1 Å². The number of aromatic nitrogens is 3. The molecule has 0 saturated carbocycles. The quantitative estimate of drug-likeness (QED) is 0.488. The number of anilines is 1. The van der Waals surface area contributed by atoms with Crippen LogP contribution in [0.5, 0.6) is 0 Å². The number of hydrogen-bond donors (Lipinski definition) is 2. The number of amides is 1. The van der Waals surface area contributed by atoms with Crippen LogP contribution in [0.3, 0.4) is 0 Å². The molecule has 2 aromatic heterocycles. The van der Waals surface area contributed by atoms with E-state index in [0.29, 0.717) is 5.13 Å². The summed E-state index contributed by atoms with van der Waals surface area (Å²) in [5.74, 6) is -0.0931. The van der Waals surface area contributed by atoms with Gasteiger partial charge in [0.1, 0.15) is 0 Å². The number of benzene rings is 2. The van der Waals surface area contributed by atoms with Gasteiger partial charge in [-0.3, -0.25) is 4.79 Å². The number of H-pyrrole nitrogens is 1. The van der Waals surface area contributed by atoms with Gasteiger partial charge in [-0.2, -0.15) is 0 Å². The van der Waals surface area contributed by atoms with Gasteiger partial charge in [0.2, 0.25) is 5.91 Å². The van der Waals surface area contributed by atoms with Gasteiger partial charge in [-0.15, -0.1) is 11.3 Å². The smallest absolute Gasteiger partial charge is 0.239 e. The van der Waals surface area contributed by atoms with Crippen LogP contribution in [0.2, 0.25) is 0 Å². The van der Waals surface area contributed by atoms with Crippen molar-refractivity contribution in [1.29, 1.82) is 0 Å². The molecule has 0 aliphatic rings. The second kappa shape index (κ2) is 7.31. The number of nitrogens with one attached hydrogen (secondary N) is 2. The Bertz CT molecular complexity index is 1010. The van der Waals surface area contributed by atoms with Crippen molar-refractivity contribution >= 4 is 45.2 Å². The number of imidazole rings is 1. The fourth-order valence-corrected chi connectivity index (χ4v) is 4.03. The Morgan fingerprint density at radius 2 is 1.88 bits per heavy atom. The van der Waals surface area contributed by atoms with Crippen LogP contribution in [0.25, 0.3) is 22.3 Å². The van der Waals surface area contributed by atoms with Gasteiger partial charge in [0, 0.05) is 10.9 Å². The molecule has 0 saturated heterocycles. The van der Waals surface area contributed by atoms with E-state index >= 15 is 0 Å². The summed E-state index contributed by atoms with van der Waals surface area (Å²) in [6, 6.07) is 17.7. The topological polar surface area (TPSA) is 70.7 Å². The first kappa shape index (κ1) is 16.8. The summed E-state index contributed by atoms with van der Waals surface area (Å²) in [6.45, 7) is 1.86. The molecule has 4 aromatic rings. The van der Waals surface area contributed by atoms with Crippen LogP contribution in [0, 0.1) is 0 Å². The number of hydrogen-bond acceptors (Lipinski definition) is 5. The maximum atomic E-state index is 12.5. The van der Waals surface area contributed by atoms with Crippen molar-refractivity contribution in [2.75, 3.05) is 5.32 Å². The van der Waals surface area contributed by atoms with Gasteiger partial charge < -0.3 is 10.3 Å². The second-order valence-electron chi connectivity index (χ2n) is 5.71. The molecule has 1 amide bonds. The highest BCUT2D eigenvalue weighted by Gasteiger charge is 2.18. The minimum Gasteiger partial charge on any atom is -0.333 e. The molecule has 0 bridgehead atoms. The molecule has 4 rings (SSSR count). The highest BCUT2D eigenvalue weighted by molar-refractivity contribution is 8.00. The molecule has 0 aliphatic heterocycles. The summed E-state index contributed by atoms with van der Waals surface area (Å²) in [5.41, 5.74) is 3.77. The Hall–Kier alpha value is -2.64. The fraction of sp³-hybridized carbons (Fsp3) is 0.105. The van der Waals surface area contributed by atoms with E-state index in [4.69, 9.17) is 0 Å². The minimum atomic E-state index is -0.292. The van der Waals surface area contributed by atoms with Gasteiger partial charge in [0.05, 0.1) is 22.0 Å². The Morgan fingerprint density at radius 1 is 1.12 bits per heavy atom. The van der Waals surface area contributed by atoms with Gasteiger partial charge >= 0.3 is 0 Å². The lowest BCUT2D eigenvalue weighted by Gasteiger charge is -2.08. The van der Waals surface area contributed by atoms with Gasteiger partial charge in [-0.05, 0) is 19.1 Å². The maximum Gasteiger partial charge on any atom is 0.239 e. The summed E-state index contributed by atoms with van der Waals surface area (Å²) in [6.07, 6.45) is 0. The average molecular weight is 380 g/mol. The molecule has 2 N–H and O–H groups in total. The number of carbonyl (C=O) groups excluding carboxylic acids is 1. The molecule has 0 aliphatic carbocycles. The number of fused-ring (bicyclic) bond motifs is 1. The van der Waals surface area contributed by atoms with Crippen LogP contribution >= 0.6 is 23.1 Å². The Kier molecular flexibility index (Phi) is 4.73. The molecule has 7 heteroatoms. The number of thioether (sulfide) groups is 1. The van der Waals surface area contributed by atoms with Crippen LogP contribution in [-0.4, -0.2) is 26.1 Å². The molecule has 130 valence electrons. The van der Waals surface area contributed by atoms with Crippen LogP contribution in [-0.2, 0) is 4.79 Å². The molecule has 0 radical (unpaired) electrons. The van der Waals surface area contributed by atoms with Crippen molar-refractivity contribution in [3.8, 4) is 11.3 Å². The summed E-state index contributed by atoms with van der Waals surface area (Å²) >= 11 is 2.82. The van der Waals surface area contributed by atoms with Crippen molar-refractivity contribution in [3.63, 3.8) is 0 Å². The maximum absolute atomic E-state index is 12.5. The van der Waals surface area contributed by atoms with E-state index in [2.05, 4.69) is 20.3 Å². The number of nitrogens with zero attached hydrogens (tertiary/aromatic N) is 2. The molecular weight excluding hydrogens is 364 g/mol. The fourth-order valence-electron chi connectivity index (χ4n) is 2.49. The normalized spacial score (nSPS) is 12.2. The standard InChI is InChI=1S/C19H16N4OS2/c1-12(26-19-20-14-9-5-6-10-15(14)21-19)17(24)23-18-22-16(11-25-18)13-7-3-2-4-8-13/h2-12H,1H3,(H,20,21)(H,22,23,24)/t12-/m0/s1. The molecule has 0 spiro atoms. The SMILES string of the molecule is C[C@H](Sc1nc2ccccc2[nH]1)C(=O)Nc1nc(-c2ccccc2)cs1. The van der Waals surface area contributed by atoms with Crippen LogP contribution in [0.4, 0.5) is 5.13 Å². The highest BCUT2D eigenvalue weighted by Crippen LogP contribution is 2.27. The zero-order valence-electron chi connectivity index (χ0n) is 14.0. The van der Waals surface area contributed by atoms with Crippen LogP contribution in [0.1, 0.15) is 6.92 Å². The van der Waals surface area contributed by atoms with Crippen LogP contribution in [0.15, 0.2) is 65.1 Å². The van der Waals surface area contributed by atoms with Crippen LogP contribution < -0.4 is 5.32 Å². The summed E-state index contributed by atoms with van der Waals surface area (Å²) in [4.78, 5) is 24.7. The molecule has 0 unspecified atom stereocenters. The number of aromatic amines is 1. The highest BCUT2D eigenvalue weighted by atomic mass is 32.2. The number of para-hydroxylation sites is 2. The number of carbonyl (C=O) groups is 1. The molecule has 2 aromatic carbocycles. The third kappa shape index (κ3) is 3.63. The lowest BCUT2D eigenvalue weighted by molar-refractivity contribution is -0.115. The Labute approximate surface area is 158 Å². The van der Waals surface area contributed by atoms with E-state index in [1.54, 1.807) is 0 Å². The second-order valence-corrected chi connectivity index (χ2v) is 7.90. The minimum absolute atomic E-state index is 0.0931. The molecular formula is C19H16N4OS2. The third-order valence-electron chi connectivity index (χ3n) is 3.83. The lowest BCUT2D eigenvalue weighted by Crippen LogP contribution is -2.22. The summed E-state index contributed by atoms with van der Waals surface area (Å²) in [5, 5.41) is 5.88. The molecule has 5 nitrogen and oxygen atoms in total. The van der Waals surface area contributed by atoms with Crippen molar-refractivity contribution in [2.45, 2.75) is 17.3 Å². The van der Waals surface area contributed by atoms with Crippen molar-refractivity contribution in [2.24, 2.45) is 0 Å². The Balaban J connectivity index is 1.42. The van der Waals surface area contributed by atoms with Gasteiger partial charge in [-0.25, -0.2) is 9.97 Å². The van der Waals surface area contributed by atoms with Crippen molar-refractivity contribution < 1.29 is 4.79 Å². The first-order chi connectivity index (χ1) is 12.7. The number of thiazole rings is 1. The summed E-state index contributed by atoms with van der Waals surface area (Å²) < 4.78 is 0. The van der Waals surface area contributed by atoms with E-state index < -0.39 is 0 Å². The molecule has 1 atom stereocenters. The van der Waals surface area contributed by atoms with Gasteiger partial charge in [0.15, 0.2) is 10.3 Å². The first-order valence-corrected chi connectivity index (χ1v) is 9.88. The molecule has 2 heterocycles. The first-order valence-electron chi connectivity index (χ1n) is 8.12. The van der Waals surface area contributed by atoms with E-state index in [-0.39, 0.29) is 11.2 Å². The Morgan fingerprint density at radius 3 is 2.69 bits per heavy atom. The van der Waals surface area contributed by atoms with Gasteiger partial charge in [-0.1, -0.05) is 54.2 Å². The van der Waals surface area contributed by atoms with E-state index in [1.807, 2.05) is 66.9 Å². The molecule has 26 heavy (non-hydrogen) atoms. The third-order valence-corrected chi connectivity index (χ3v) is 5.57. The average Bonchev–Trinajstić information content (AvgIpc) is 3.28. The lowest BCUT2D eigenvalue weighted by atomic mass is 10.2. The largest absolute Gasteiger partial charge is 0.333 e. The van der Waals surface area contributed by atoms with E-state index in [0.717, 1.165) is 27.4 Å². The predicted molar refractivity (Wildman–Crippen MR) is 108 cm³/mol. The summed E-state index contributed by atoms with van der Waals surface area (Å²) in [7, 11) is 0. The number of rotatable bonds is 5. The van der Waals surface area contributed by atoms with Crippen molar-refractivity contribution in [1.82, 2.24) is 15.0 Å². The zero-order valence-corrected chi connectivity index (χ0v) is 15.6.